The molecule has 1 N–H and O–H groups in total. The molecule has 152 valence electrons. The lowest BCUT2D eigenvalue weighted by Crippen LogP contribution is -2.22. The first-order valence-corrected chi connectivity index (χ1v) is 10.2. The number of anilines is 1. The van der Waals surface area contributed by atoms with Crippen LogP contribution >= 0.6 is 11.8 Å². The van der Waals surface area contributed by atoms with E-state index < -0.39 is 5.25 Å². The first kappa shape index (κ1) is 20.9. The van der Waals surface area contributed by atoms with Crippen molar-refractivity contribution >= 4 is 23.4 Å². The van der Waals surface area contributed by atoms with E-state index in [0.717, 1.165) is 5.56 Å². The molecule has 3 aromatic rings. The molecular formula is C22H25N3O3S. The highest BCUT2D eigenvalue weighted by Crippen LogP contribution is 2.29. The Morgan fingerprint density at radius 2 is 1.86 bits per heavy atom. The second-order valence-electron chi connectivity index (χ2n) is 7.68. The molecule has 1 amide bonds. The number of carbonyl (C=O) groups is 1. The van der Waals surface area contributed by atoms with E-state index in [9.17, 15) is 4.79 Å². The predicted molar refractivity (Wildman–Crippen MR) is 115 cm³/mol. The summed E-state index contributed by atoms with van der Waals surface area (Å²) in [5, 5.41) is 11.0. The highest BCUT2D eigenvalue weighted by molar-refractivity contribution is 8.00. The summed E-state index contributed by atoms with van der Waals surface area (Å²) in [5.74, 6) is 0.966. The maximum Gasteiger partial charge on any atom is 0.277 e. The Kier molecular flexibility index (Phi) is 6.27. The third-order valence-electron chi connectivity index (χ3n) is 4.39. The summed E-state index contributed by atoms with van der Waals surface area (Å²) in [4.78, 5) is 12.5. The van der Waals surface area contributed by atoms with E-state index >= 15 is 0 Å². The van der Waals surface area contributed by atoms with E-state index in [0.29, 0.717) is 22.6 Å². The maximum atomic E-state index is 12.5. The highest BCUT2D eigenvalue weighted by Gasteiger charge is 2.20. The monoisotopic (exact) mass is 411 g/mol. The van der Waals surface area contributed by atoms with Crippen molar-refractivity contribution in [2.75, 3.05) is 12.4 Å². The van der Waals surface area contributed by atoms with Crippen molar-refractivity contribution < 1.29 is 13.9 Å². The minimum absolute atomic E-state index is 0.0833. The standard InChI is InChI=1S/C22H25N3O3S/c1-14(19(26)23-17-7-6-8-18(13-17)27-5)29-21-25-24-20(28-21)15-9-11-16(12-10-15)22(2,3)4/h6-14H,1-5H3,(H,23,26)/t14-/m1/s1. The fourth-order valence-electron chi connectivity index (χ4n) is 2.64. The van der Waals surface area contributed by atoms with Gasteiger partial charge in [0.2, 0.25) is 11.8 Å². The Morgan fingerprint density at radius 1 is 1.14 bits per heavy atom. The summed E-state index contributed by atoms with van der Waals surface area (Å²) in [6.07, 6.45) is 0. The number of ether oxygens (including phenoxy) is 1. The first-order chi connectivity index (χ1) is 13.8. The second kappa shape index (κ2) is 8.69. The van der Waals surface area contributed by atoms with Gasteiger partial charge in [0.15, 0.2) is 0 Å². The average Bonchev–Trinajstić information content (AvgIpc) is 3.16. The molecular weight excluding hydrogens is 386 g/mol. The molecule has 0 aliphatic carbocycles. The van der Waals surface area contributed by atoms with Crippen molar-refractivity contribution in [3.8, 4) is 17.2 Å². The molecule has 3 rings (SSSR count). The lowest BCUT2D eigenvalue weighted by Gasteiger charge is -2.18. The summed E-state index contributed by atoms with van der Waals surface area (Å²) >= 11 is 1.22. The lowest BCUT2D eigenvalue weighted by molar-refractivity contribution is -0.115. The van der Waals surface area contributed by atoms with Crippen LogP contribution in [0.1, 0.15) is 33.3 Å². The number of rotatable bonds is 6. The van der Waals surface area contributed by atoms with Crippen molar-refractivity contribution in [3.63, 3.8) is 0 Å². The Balaban J connectivity index is 1.63. The van der Waals surface area contributed by atoms with Gasteiger partial charge in [-0.25, -0.2) is 0 Å². The molecule has 0 unspecified atom stereocenters. The van der Waals surface area contributed by atoms with Gasteiger partial charge in [-0.3, -0.25) is 4.79 Å². The van der Waals surface area contributed by atoms with Crippen LogP contribution in [0.25, 0.3) is 11.5 Å². The van der Waals surface area contributed by atoms with Crippen LogP contribution in [0.3, 0.4) is 0 Å². The molecule has 0 saturated carbocycles. The molecule has 2 aromatic carbocycles. The molecule has 0 fully saturated rings. The van der Waals surface area contributed by atoms with Crippen molar-refractivity contribution in [1.29, 1.82) is 0 Å². The molecule has 1 heterocycles. The number of nitrogens with zero attached hydrogens (tertiary/aromatic N) is 2. The van der Waals surface area contributed by atoms with Gasteiger partial charge >= 0.3 is 0 Å². The van der Waals surface area contributed by atoms with Gasteiger partial charge in [0.25, 0.3) is 5.22 Å². The predicted octanol–water partition coefficient (Wildman–Crippen LogP) is 5.16. The molecule has 29 heavy (non-hydrogen) atoms. The van der Waals surface area contributed by atoms with Gasteiger partial charge in [-0.05, 0) is 42.2 Å². The zero-order chi connectivity index (χ0) is 21.0. The number of nitrogens with one attached hydrogen (secondary N) is 1. The molecule has 0 radical (unpaired) electrons. The Labute approximate surface area is 175 Å². The summed E-state index contributed by atoms with van der Waals surface area (Å²) in [6.45, 7) is 8.30. The van der Waals surface area contributed by atoms with Gasteiger partial charge in [-0.15, -0.1) is 10.2 Å². The molecule has 6 nitrogen and oxygen atoms in total. The van der Waals surface area contributed by atoms with E-state index in [-0.39, 0.29) is 11.3 Å². The third kappa shape index (κ3) is 5.38. The SMILES string of the molecule is COc1cccc(NC(=O)[C@@H](C)Sc2nnc(-c3ccc(C(C)(C)C)cc3)o2)c1. The number of benzene rings is 2. The van der Waals surface area contributed by atoms with Crippen LogP contribution in [0.15, 0.2) is 58.2 Å². The van der Waals surface area contributed by atoms with Gasteiger partial charge in [0.05, 0.1) is 12.4 Å². The summed E-state index contributed by atoms with van der Waals surface area (Å²) in [5.41, 5.74) is 2.84. The van der Waals surface area contributed by atoms with Crippen LogP contribution in [0.2, 0.25) is 0 Å². The zero-order valence-corrected chi connectivity index (χ0v) is 18.0. The first-order valence-electron chi connectivity index (χ1n) is 9.32. The Morgan fingerprint density at radius 3 is 2.52 bits per heavy atom. The maximum absolute atomic E-state index is 12.5. The van der Waals surface area contributed by atoms with Gasteiger partial charge in [0.1, 0.15) is 5.75 Å². The van der Waals surface area contributed by atoms with Gasteiger partial charge in [0, 0.05) is 17.3 Å². The second-order valence-corrected chi connectivity index (χ2v) is 8.97. The van der Waals surface area contributed by atoms with Crippen LogP contribution < -0.4 is 10.1 Å². The smallest absolute Gasteiger partial charge is 0.277 e. The highest BCUT2D eigenvalue weighted by atomic mass is 32.2. The van der Waals surface area contributed by atoms with Crippen molar-refractivity contribution in [2.24, 2.45) is 0 Å². The fourth-order valence-corrected chi connectivity index (χ4v) is 3.32. The third-order valence-corrected chi connectivity index (χ3v) is 5.32. The van der Waals surface area contributed by atoms with E-state index in [4.69, 9.17) is 9.15 Å². The van der Waals surface area contributed by atoms with Crippen molar-refractivity contribution in [1.82, 2.24) is 10.2 Å². The number of hydrogen-bond donors (Lipinski definition) is 1. The minimum atomic E-state index is -0.405. The fraction of sp³-hybridized carbons (Fsp3) is 0.318. The molecule has 0 aliphatic heterocycles. The molecule has 0 aliphatic rings. The lowest BCUT2D eigenvalue weighted by atomic mass is 9.87. The van der Waals surface area contributed by atoms with Crippen LogP contribution in [-0.2, 0) is 10.2 Å². The zero-order valence-electron chi connectivity index (χ0n) is 17.2. The van der Waals surface area contributed by atoms with E-state index in [1.165, 1.54) is 17.3 Å². The summed E-state index contributed by atoms with van der Waals surface area (Å²) in [7, 11) is 1.59. The molecule has 0 bridgehead atoms. The quantitative estimate of drug-likeness (QED) is 0.565. The van der Waals surface area contributed by atoms with Crippen molar-refractivity contribution in [2.45, 2.75) is 43.6 Å². The van der Waals surface area contributed by atoms with Gasteiger partial charge in [-0.2, -0.15) is 0 Å². The molecule has 7 heteroatoms. The number of amides is 1. The Bertz CT molecular complexity index is 977. The number of methoxy groups -OCH3 is 1. The average molecular weight is 412 g/mol. The number of hydrogen-bond acceptors (Lipinski definition) is 6. The van der Waals surface area contributed by atoms with Crippen LogP contribution in [-0.4, -0.2) is 28.5 Å². The molecule has 1 atom stereocenters. The van der Waals surface area contributed by atoms with E-state index in [1.807, 2.05) is 30.3 Å². The minimum Gasteiger partial charge on any atom is -0.497 e. The van der Waals surface area contributed by atoms with Crippen LogP contribution in [0, 0.1) is 0 Å². The van der Waals surface area contributed by atoms with Crippen LogP contribution in [0.5, 0.6) is 5.75 Å². The number of aromatic nitrogens is 2. The van der Waals surface area contributed by atoms with Gasteiger partial charge in [-0.1, -0.05) is 50.7 Å². The largest absolute Gasteiger partial charge is 0.497 e. The number of carbonyl (C=O) groups excluding carboxylic acids is 1. The number of thioether (sulfide) groups is 1. The van der Waals surface area contributed by atoms with E-state index in [2.05, 4.69) is 48.4 Å². The van der Waals surface area contributed by atoms with Crippen molar-refractivity contribution in [3.05, 3.63) is 54.1 Å². The van der Waals surface area contributed by atoms with E-state index in [1.54, 1.807) is 20.1 Å². The Hall–Kier alpha value is -2.80. The molecule has 0 spiro atoms. The topological polar surface area (TPSA) is 77.2 Å². The summed E-state index contributed by atoms with van der Waals surface area (Å²) < 4.78 is 10.9. The molecule has 1 aromatic heterocycles. The van der Waals surface area contributed by atoms with Crippen LogP contribution in [0.4, 0.5) is 5.69 Å². The summed E-state index contributed by atoms with van der Waals surface area (Å²) in [6, 6.07) is 15.3. The molecule has 0 saturated heterocycles. The van der Waals surface area contributed by atoms with Gasteiger partial charge < -0.3 is 14.5 Å². The normalized spacial score (nSPS) is 12.4.